The Bertz CT molecular complexity index is 1220. The number of aryl methyl sites for hydroxylation is 1. The number of ether oxygens (including phenoxy) is 3. The summed E-state index contributed by atoms with van der Waals surface area (Å²) in [6.45, 7) is 1.93. The fraction of sp³-hybridized carbons (Fsp3) is 0.250. The van der Waals surface area contributed by atoms with Crippen molar-refractivity contribution in [1.29, 1.82) is 0 Å². The molecule has 0 fully saturated rings. The largest absolute Gasteiger partial charge is 0.467 e. The smallest absolute Gasteiger partial charge is 0.359 e. The maximum absolute atomic E-state index is 12.8. The van der Waals surface area contributed by atoms with Crippen molar-refractivity contribution in [1.82, 2.24) is 9.78 Å². The van der Waals surface area contributed by atoms with Crippen molar-refractivity contribution in [3.8, 4) is 5.75 Å². The summed E-state index contributed by atoms with van der Waals surface area (Å²) in [6.07, 6.45) is 0. The lowest BCUT2D eigenvalue weighted by Crippen LogP contribution is -2.25. The molecule has 0 saturated heterocycles. The monoisotopic (exact) mass is 411 g/mol. The van der Waals surface area contributed by atoms with Gasteiger partial charge in [0.1, 0.15) is 12.4 Å². The molecule has 0 atom stereocenters. The van der Waals surface area contributed by atoms with Gasteiger partial charge in [-0.25, -0.2) is 9.48 Å². The van der Waals surface area contributed by atoms with Crippen molar-refractivity contribution in [3.63, 3.8) is 0 Å². The van der Waals surface area contributed by atoms with E-state index in [4.69, 9.17) is 14.2 Å². The number of carbonyl (C=O) groups excluding carboxylic acids is 1. The number of carbonyl (C=O) groups is 1. The molecule has 0 bridgehead atoms. The molecule has 154 valence electrons. The summed E-state index contributed by atoms with van der Waals surface area (Å²) in [4.78, 5) is 35.9. The van der Waals surface area contributed by atoms with E-state index in [9.17, 15) is 19.7 Å². The van der Waals surface area contributed by atoms with Gasteiger partial charge in [-0.15, -0.1) is 0 Å². The minimum absolute atomic E-state index is 0.000583. The van der Waals surface area contributed by atoms with E-state index in [1.165, 1.54) is 16.8 Å². The average molecular weight is 411 g/mol. The van der Waals surface area contributed by atoms with Gasteiger partial charge in [-0.1, -0.05) is 18.2 Å². The first-order valence-electron chi connectivity index (χ1n) is 9.17. The molecule has 4 rings (SSSR count). The van der Waals surface area contributed by atoms with E-state index in [0.29, 0.717) is 27.6 Å². The Balaban J connectivity index is 1.68. The second-order valence-electron chi connectivity index (χ2n) is 6.55. The number of non-ortho nitro benzene ring substituents is 1. The van der Waals surface area contributed by atoms with E-state index >= 15 is 0 Å². The van der Waals surface area contributed by atoms with Crippen LogP contribution < -0.4 is 10.3 Å². The highest BCUT2D eigenvalue weighted by molar-refractivity contribution is 6.02. The summed E-state index contributed by atoms with van der Waals surface area (Å²) in [5, 5.41) is 16.1. The van der Waals surface area contributed by atoms with Crippen LogP contribution in [0, 0.1) is 10.1 Å². The molecule has 0 amide bonds. The normalized spacial score (nSPS) is 12.8. The molecular formula is C20H17N3O7. The number of benzene rings is 2. The van der Waals surface area contributed by atoms with Crippen LogP contribution in [0.1, 0.15) is 28.5 Å². The van der Waals surface area contributed by atoms with Gasteiger partial charge in [0, 0.05) is 35.2 Å². The number of rotatable bonds is 5. The molecule has 0 unspecified atom stereocenters. The molecule has 1 aliphatic rings. The molecule has 0 N–H and O–H groups in total. The SMILES string of the molecule is CCn1nc(C(=O)OCc2cc([N+](=O)[O-])cc3c2OCOC3)c2ccccc2c1=O. The quantitative estimate of drug-likeness (QED) is 0.357. The molecule has 0 aliphatic carbocycles. The zero-order valence-corrected chi connectivity index (χ0v) is 16.0. The molecule has 1 aliphatic heterocycles. The predicted octanol–water partition coefficient (Wildman–Crippen LogP) is 2.55. The Morgan fingerprint density at radius 3 is 2.80 bits per heavy atom. The summed E-state index contributed by atoms with van der Waals surface area (Å²) >= 11 is 0. The molecule has 10 heteroatoms. The number of aromatic nitrogens is 2. The summed E-state index contributed by atoms with van der Waals surface area (Å²) in [6, 6.07) is 9.31. The van der Waals surface area contributed by atoms with Crippen LogP contribution in [0.25, 0.3) is 10.8 Å². The molecular weight excluding hydrogens is 394 g/mol. The highest BCUT2D eigenvalue weighted by atomic mass is 16.7. The van der Waals surface area contributed by atoms with Gasteiger partial charge in [0.2, 0.25) is 0 Å². The van der Waals surface area contributed by atoms with Crippen LogP contribution in [0.15, 0.2) is 41.2 Å². The standard InChI is InChI=1S/C20H17N3O7/c1-2-22-19(24)16-6-4-3-5-15(16)17(21-22)20(25)29-10-13-8-14(23(26)27)7-12-9-28-11-30-18(12)13/h3-8H,2,9-11H2,1H3. The highest BCUT2D eigenvalue weighted by Crippen LogP contribution is 2.33. The van der Waals surface area contributed by atoms with Gasteiger partial charge >= 0.3 is 5.97 Å². The van der Waals surface area contributed by atoms with Gasteiger partial charge in [-0.3, -0.25) is 14.9 Å². The lowest BCUT2D eigenvalue weighted by molar-refractivity contribution is -0.385. The summed E-state index contributed by atoms with van der Waals surface area (Å²) in [7, 11) is 0. The Morgan fingerprint density at radius 2 is 2.07 bits per heavy atom. The number of hydrogen-bond donors (Lipinski definition) is 0. The zero-order chi connectivity index (χ0) is 21.3. The van der Waals surface area contributed by atoms with Crippen molar-refractivity contribution in [2.24, 2.45) is 0 Å². The van der Waals surface area contributed by atoms with Gasteiger partial charge in [0.15, 0.2) is 12.5 Å². The molecule has 1 aromatic heterocycles. The van der Waals surface area contributed by atoms with Crippen LogP contribution in [-0.4, -0.2) is 27.5 Å². The Morgan fingerprint density at radius 1 is 1.30 bits per heavy atom. The summed E-state index contributed by atoms with van der Waals surface area (Å²) in [5.74, 6) is -0.350. The van der Waals surface area contributed by atoms with Gasteiger partial charge in [0.05, 0.1) is 16.9 Å². The van der Waals surface area contributed by atoms with Gasteiger partial charge < -0.3 is 14.2 Å². The first-order valence-corrected chi connectivity index (χ1v) is 9.17. The second kappa shape index (κ2) is 7.91. The number of fused-ring (bicyclic) bond motifs is 2. The molecule has 30 heavy (non-hydrogen) atoms. The van der Waals surface area contributed by atoms with Crippen molar-refractivity contribution in [3.05, 3.63) is 73.7 Å². The fourth-order valence-electron chi connectivity index (χ4n) is 3.31. The van der Waals surface area contributed by atoms with Crippen LogP contribution in [0.5, 0.6) is 5.75 Å². The van der Waals surface area contributed by atoms with E-state index in [-0.39, 0.29) is 43.5 Å². The minimum Gasteiger partial charge on any atom is -0.467 e. The van der Waals surface area contributed by atoms with Crippen LogP contribution in [0.3, 0.4) is 0 Å². The average Bonchev–Trinajstić information content (AvgIpc) is 2.77. The van der Waals surface area contributed by atoms with Crippen molar-refractivity contribution in [2.75, 3.05) is 6.79 Å². The van der Waals surface area contributed by atoms with E-state index < -0.39 is 10.9 Å². The molecule has 3 aromatic rings. The molecule has 2 heterocycles. The maximum atomic E-state index is 12.8. The van der Waals surface area contributed by atoms with Gasteiger partial charge in [0.25, 0.3) is 11.2 Å². The van der Waals surface area contributed by atoms with Crippen molar-refractivity contribution < 1.29 is 23.9 Å². The number of nitro groups is 1. The van der Waals surface area contributed by atoms with E-state index in [0.717, 1.165) is 0 Å². The first-order chi connectivity index (χ1) is 14.5. The van der Waals surface area contributed by atoms with Crippen LogP contribution in [0.2, 0.25) is 0 Å². The van der Waals surface area contributed by atoms with E-state index in [1.807, 2.05) is 0 Å². The minimum atomic E-state index is -0.749. The Hall–Kier alpha value is -3.79. The maximum Gasteiger partial charge on any atom is 0.359 e. The topological polar surface area (TPSA) is 123 Å². The fourth-order valence-corrected chi connectivity index (χ4v) is 3.31. The first kappa shape index (κ1) is 19.5. The molecule has 2 aromatic carbocycles. The number of nitro benzene ring substituents is 1. The van der Waals surface area contributed by atoms with Gasteiger partial charge in [-0.05, 0) is 13.0 Å². The third kappa shape index (κ3) is 3.48. The molecule has 0 radical (unpaired) electrons. The number of nitrogens with zero attached hydrogens (tertiary/aromatic N) is 3. The third-order valence-corrected chi connectivity index (χ3v) is 4.70. The lowest BCUT2D eigenvalue weighted by Gasteiger charge is -2.20. The van der Waals surface area contributed by atoms with Crippen LogP contribution in [-0.2, 0) is 29.2 Å². The van der Waals surface area contributed by atoms with Crippen molar-refractivity contribution >= 4 is 22.4 Å². The number of hydrogen-bond acceptors (Lipinski definition) is 8. The summed E-state index contributed by atoms with van der Waals surface area (Å²) in [5.41, 5.74) is 0.395. The third-order valence-electron chi connectivity index (χ3n) is 4.70. The van der Waals surface area contributed by atoms with Crippen molar-refractivity contribution in [2.45, 2.75) is 26.7 Å². The Kier molecular flexibility index (Phi) is 5.15. The molecule has 0 saturated carbocycles. The van der Waals surface area contributed by atoms with Crippen LogP contribution in [0.4, 0.5) is 5.69 Å². The second-order valence-corrected chi connectivity index (χ2v) is 6.55. The molecule has 0 spiro atoms. The zero-order valence-electron chi connectivity index (χ0n) is 16.0. The van der Waals surface area contributed by atoms with Gasteiger partial charge in [-0.2, -0.15) is 5.10 Å². The lowest BCUT2D eigenvalue weighted by atomic mass is 10.1. The molecule has 10 nitrogen and oxygen atoms in total. The predicted molar refractivity (Wildman–Crippen MR) is 104 cm³/mol. The van der Waals surface area contributed by atoms with Crippen LogP contribution >= 0.6 is 0 Å². The number of esters is 1. The Labute approximate surface area is 169 Å². The summed E-state index contributed by atoms with van der Waals surface area (Å²) < 4.78 is 17.2. The van der Waals surface area contributed by atoms with E-state index in [2.05, 4.69) is 5.10 Å². The highest BCUT2D eigenvalue weighted by Gasteiger charge is 2.23. The van der Waals surface area contributed by atoms with E-state index in [1.54, 1.807) is 31.2 Å².